The summed E-state index contributed by atoms with van der Waals surface area (Å²) in [5, 5.41) is 14.2. The van der Waals surface area contributed by atoms with Crippen LogP contribution >= 0.6 is 0 Å². The molecule has 9 heteroatoms. The summed E-state index contributed by atoms with van der Waals surface area (Å²) < 4.78 is 12.1. The number of hydrogen-bond donors (Lipinski definition) is 1. The molecule has 0 bridgehead atoms. The van der Waals surface area contributed by atoms with Gasteiger partial charge in [-0.2, -0.15) is 0 Å². The number of nitro benzene ring substituents is 1. The summed E-state index contributed by atoms with van der Waals surface area (Å²) in [4.78, 5) is 27.3. The molecule has 0 aliphatic heterocycles. The second-order valence-corrected chi connectivity index (χ2v) is 5.77. The zero-order valence-electron chi connectivity index (χ0n) is 15.3. The van der Waals surface area contributed by atoms with E-state index in [1.54, 1.807) is 24.4 Å². The number of imidazole rings is 1. The molecule has 0 radical (unpaired) electrons. The van der Waals surface area contributed by atoms with Crippen molar-refractivity contribution in [3.8, 4) is 17.2 Å². The lowest BCUT2D eigenvalue weighted by molar-refractivity contribution is -0.384. The Morgan fingerprint density at radius 3 is 2.71 bits per heavy atom. The van der Waals surface area contributed by atoms with Crippen LogP contribution in [0.5, 0.6) is 11.5 Å². The lowest BCUT2D eigenvalue weighted by atomic mass is 10.1. The molecule has 3 aromatic rings. The molecular formula is C19H18N4O5. The van der Waals surface area contributed by atoms with Crippen molar-refractivity contribution in [3.63, 3.8) is 0 Å². The number of aromatic nitrogens is 2. The Morgan fingerprint density at radius 1 is 1.25 bits per heavy atom. The molecule has 1 heterocycles. The SMILES string of the molecule is COc1cccc(CNC(=O)c2ccc(-n3ccnc3)c([N+](=O)[O-])c2)c1OC. The highest BCUT2D eigenvalue weighted by Gasteiger charge is 2.19. The molecule has 0 aliphatic rings. The fourth-order valence-corrected chi connectivity index (χ4v) is 2.80. The Morgan fingerprint density at radius 2 is 2.07 bits per heavy atom. The van der Waals surface area contributed by atoms with Gasteiger partial charge in [0.05, 0.1) is 25.5 Å². The van der Waals surface area contributed by atoms with E-state index in [0.717, 1.165) is 5.56 Å². The molecule has 1 N–H and O–H groups in total. The van der Waals surface area contributed by atoms with Crippen LogP contribution in [0.25, 0.3) is 5.69 Å². The van der Waals surface area contributed by atoms with Crippen LogP contribution in [0.1, 0.15) is 15.9 Å². The normalized spacial score (nSPS) is 10.4. The summed E-state index contributed by atoms with van der Waals surface area (Å²) in [5.74, 6) is 0.631. The molecule has 144 valence electrons. The number of benzene rings is 2. The standard InChI is InChI=1S/C19H18N4O5/c1-27-17-5-3-4-14(18(17)28-2)11-21-19(24)13-6-7-15(16(10-13)23(25)26)22-9-8-20-12-22/h3-10,12H,11H2,1-2H3,(H,21,24). The lowest BCUT2D eigenvalue weighted by Gasteiger charge is -2.13. The fourth-order valence-electron chi connectivity index (χ4n) is 2.80. The monoisotopic (exact) mass is 382 g/mol. The summed E-state index contributed by atoms with van der Waals surface area (Å²) in [5.41, 5.74) is 1.04. The average Bonchev–Trinajstić information content (AvgIpc) is 3.25. The number of hydrogen-bond acceptors (Lipinski definition) is 6. The molecule has 0 aliphatic carbocycles. The Balaban J connectivity index is 1.82. The van der Waals surface area contributed by atoms with E-state index >= 15 is 0 Å². The van der Waals surface area contributed by atoms with E-state index in [1.807, 2.05) is 0 Å². The molecule has 9 nitrogen and oxygen atoms in total. The van der Waals surface area contributed by atoms with Crippen molar-refractivity contribution >= 4 is 11.6 Å². The van der Waals surface area contributed by atoms with E-state index in [1.165, 1.54) is 49.5 Å². The van der Waals surface area contributed by atoms with Crippen molar-refractivity contribution in [1.29, 1.82) is 0 Å². The van der Waals surface area contributed by atoms with E-state index < -0.39 is 10.8 Å². The van der Waals surface area contributed by atoms with Gasteiger partial charge in [0.15, 0.2) is 11.5 Å². The molecule has 0 saturated heterocycles. The summed E-state index contributed by atoms with van der Waals surface area (Å²) >= 11 is 0. The number of amides is 1. The third kappa shape index (κ3) is 3.78. The molecule has 0 spiro atoms. The number of nitro groups is 1. The van der Waals surface area contributed by atoms with Gasteiger partial charge in [-0.25, -0.2) is 4.98 Å². The zero-order valence-corrected chi connectivity index (χ0v) is 15.3. The highest BCUT2D eigenvalue weighted by Crippen LogP contribution is 2.30. The van der Waals surface area contributed by atoms with Gasteiger partial charge >= 0.3 is 0 Å². The maximum absolute atomic E-state index is 12.5. The van der Waals surface area contributed by atoms with Crippen molar-refractivity contribution in [1.82, 2.24) is 14.9 Å². The van der Waals surface area contributed by atoms with Crippen LogP contribution < -0.4 is 14.8 Å². The molecule has 0 fully saturated rings. The average molecular weight is 382 g/mol. The number of methoxy groups -OCH3 is 2. The van der Waals surface area contributed by atoms with Crippen LogP contribution in [0.2, 0.25) is 0 Å². The third-order valence-electron chi connectivity index (χ3n) is 4.14. The quantitative estimate of drug-likeness (QED) is 0.497. The highest BCUT2D eigenvalue weighted by atomic mass is 16.6. The summed E-state index contributed by atoms with van der Waals surface area (Å²) in [7, 11) is 3.04. The number of para-hydroxylation sites is 1. The molecule has 2 aromatic carbocycles. The molecular weight excluding hydrogens is 364 g/mol. The van der Waals surface area contributed by atoms with Gasteiger partial charge in [-0.1, -0.05) is 12.1 Å². The molecule has 0 saturated carbocycles. The van der Waals surface area contributed by atoms with Crippen LogP contribution in [0, 0.1) is 10.1 Å². The Bertz CT molecular complexity index is 1000. The van der Waals surface area contributed by atoms with Gasteiger partial charge in [0.2, 0.25) is 0 Å². The molecule has 0 unspecified atom stereocenters. The Labute approximate surface area is 160 Å². The predicted molar refractivity (Wildman–Crippen MR) is 101 cm³/mol. The van der Waals surface area contributed by atoms with E-state index in [-0.39, 0.29) is 17.8 Å². The van der Waals surface area contributed by atoms with Crippen molar-refractivity contribution in [2.75, 3.05) is 14.2 Å². The number of rotatable bonds is 7. The number of carbonyl (C=O) groups is 1. The van der Waals surface area contributed by atoms with Gasteiger partial charge in [-0.15, -0.1) is 0 Å². The smallest absolute Gasteiger partial charge is 0.294 e. The number of carbonyl (C=O) groups excluding carboxylic acids is 1. The number of nitrogens with zero attached hydrogens (tertiary/aromatic N) is 3. The lowest BCUT2D eigenvalue weighted by Crippen LogP contribution is -2.23. The van der Waals surface area contributed by atoms with Crippen molar-refractivity contribution in [2.45, 2.75) is 6.54 Å². The molecule has 28 heavy (non-hydrogen) atoms. The van der Waals surface area contributed by atoms with Gasteiger partial charge in [0.1, 0.15) is 5.69 Å². The summed E-state index contributed by atoms with van der Waals surface area (Å²) in [6.45, 7) is 0.177. The Kier molecular flexibility index (Phi) is 5.54. The van der Waals surface area contributed by atoms with Crippen LogP contribution in [-0.2, 0) is 6.54 Å². The fraction of sp³-hybridized carbons (Fsp3) is 0.158. The van der Waals surface area contributed by atoms with Crippen molar-refractivity contribution in [3.05, 3.63) is 76.4 Å². The van der Waals surface area contributed by atoms with Crippen LogP contribution in [0.3, 0.4) is 0 Å². The number of nitrogens with one attached hydrogen (secondary N) is 1. The first-order valence-electron chi connectivity index (χ1n) is 8.30. The molecule has 1 aromatic heterocycles. The molecule has 3 rings (SSSR count). The highest BCUT2D eigenvalue weighted by molar-refractivity contribution is 5.95. The Hall–Kier alpha value is -3.88. The largest absolute Gasteiger partial charge is 0.493 e. The van der Waals surface area contributed by atoms with Crippen molar-refractivity contribution < 1.29 is 19.2 Å². The topological polar surface area (TPSA) is 109 Å². The minimum absolute atomic E-state index is 0.177. The maximum Gasteiger partial charge on any atom is 0.294 e. The van der Waals surface area contributed by atoms with Crippen LogP contribution in [0.15, 0.2) is 55.1 Å². The minimum Gasteiger partial charge on any atom is -0.493 e. The summed E-state index contributed by atoms with van der Waals surface area (Å²) in [6, 6.07) is 9.62. The number of ether oxygens (including phenoxy) is 2. The predicted octanol–water partition coefficient (Wildman–Crippen LogP) is 2.73. The van der Waals surface area contributed by atoms with Crippen LogP contribution in [-0.4, -0.2) is 34.6 Å². The van der Waals surface area contributed by atoms with Gasteiger partial charge in [0, 0.05) is 36.1 Å². The van der Waals surface area contributed by atoms with Gasteiger partial charge < -0.3 is 19.4 Å². The van der Waals surface area contributed by atoms with Gasteiger partial charge in [-0.3, -0.25) is 14.9 Å². The van der Waals surface area contributed by atoms with E-state index in [2.05, 4.69) is 10.3 Å². The van der Waals surface area contributed by atoms with E-state index in [4.69, 9.17) is 9.47 Å². The molecule has 1 amide bonds. The first-order valence-corrected chi connectivity index (χ1v) is 8.30. The minimum atomic E-state index is -0.531. The first-order chi connectivity index (χ1) is 13.5. The van der Waals surface area contributed by atoms with Gasteiger partial charge in [0.25, 0.3) is 11.6 Å². The van der Waals surface area contributed by atoms with E-state index in [9.17, 15) is 14.9 Å². The van der Waals surface area contributed by atoms with Crippen LogP contribution in [0.4, 0.5) is 5.69 Å². The maximum atomic E-state index is 12.5. The zero-order chi connectivity index (χ0) is 20.1. The van der Waals surface area contributed by atoms with Crippen molar-refractivity contribution in [2.24, 2.45) is 0 Å². The second kappa shape index (κ2) is 8.21. The first kappa shape index (κ1) is 18.9. The second-order valence-electron chi connectivity index (χ2n) is 5.77. The molecule has 0 atom stereocenters. The summed E-state index contributed by atoms with van der Waals surface area (Å²) in [6.07, 6.45) is 4.57. The van der Waals surface area contributed by atoms with Gasteiger partial charge in [-0.05, 0) is 18.2 Å². The third-order valence-corrected chi connectivity index (χ3v) is 4.14. The van der Waals surface area contributed by atoms with E-state index in [0.29, 0.717) is 17.2 Å².